The predicted molar refractivity (Wildman–Crippen MR) is 270 cm³/mol. The Morgan fingerprint density at radius 1 is 0.900 bits per heavy atom. The molecule has 7 atom stereocenters. The lowest BCUT2D eigenvalue weighted by atomic mass is 9.55. The molecule has 2 aliphatic heterocycles. The number of hydrogen-bond donors (Lipinski definition) is 4. The number of nitrogens with zero attached hydrogens (tertiary/aromatic N) is 2. The fourth-order valence-electron chi connectivity index (χ4n) is 11.1. The third kappa shape index (κ3) is 15.4. The highest BCUT2D eigenvalue weighted by Crippen LogP contribution is 2.62. The SMILES string of the molecule is C=CCO[C@@]12Oc3ccc(OC(=O)NCc4ccccc4)cc3[C@H]3[C@H](CCCCO)[C@@H](CCCCO)C=C(C(=NOC4CCCCO4)C[C@@H]1N(CCOCCO)C(=O)CCCCCCCCCCC)[C@H]32. The molecule has 388 valence electrons. The zero-order valence-electron chi connectivity index (χ0n) is 42.0. The minimum atomic E-state index is -1.45. The molecule has 2 aliphatic carbocycles. The van der Waals surface area contributed by atoms with Gasteiger partial charge in [-0.15, -0.1) is 6.58 Å². The summed E-state index contributed by atoms with van der Waals surface area (Å²) in [7, 11) is 0. The minimum absolute atomic E-state index is 0.0166. The Kier molecular flexibility index (Phi) is 23.5. The van der Waals surface area contributed by atoms with Crippen molar-refractivity contribution in [2.45, 2.75) is 166 Å². The Balaban J connectivity index is 1.45. The molecule has 2 aromatic carbocycles. The van der Waals surface area contributed by atoms with Crippen LogP contribution in [0.5, 0.6) is 11.5 Å². The van der Waals surface area contributed by atoms with Gasteiger partial charge in [0.25, 0.3) is 0 Å². The summed E-state index contributed by atoms with van der Waals surface area (Å²) in [4.78, 5) is 36.6. The Hall–Kier alpha value is -4.31. The van der Waals surface area contributed by atoms with Crippen molar-refractivity contribution in [1.82, 2.24) is 10.2 Å². The number of hydrogen-bond acceptors (Lipinski definition) is 12. The van der Waals surface area contributed by atoms with E-state index < -0.39 is 30.1 Å². The lowest BCUT2D eigenvalue weighted by Gasteiger charge is -2.60. The molecule has 0 radical (unpaired) electrons. The highest BCUT2D eigenvalue weighted by molar-refractivity contribution is 6.03. The highest BCUT2D eigenvalue weighted by atomic mass is 16.8. The Labute approximate surface area is 417 Å². The van der Waals surface area contributed by atoms with Gasteiger partial charge in [0, 0.05) is 57.0 Å². The molecule has 1 saturated carbocycles. The minimum Gasteiger partial charge on any atom is -0.459 e. The van der Waals surface area contributed by atoms with Crippen LogP contribution in [-0.2, 0) is 30.4 Å². The molecule has 2 aromatic rings. The Morgan fingerprint density at radius 2 is 1.66 bits per heavy atom. The molecule has 2 amide bonds. The largest absolute Gasteiger partial charge is 0.459 e. The van der Waals surface area contributed by atoms with Crippen molar-refractivity contribution >= 4 is 17.7 Å². The first-order valence-corrected chi connectivity index (χ1v) is 26.7. The van der Waals surface area contributed by atoms with E-state index in [4.69, 9.17) is 33.7 Å². The van der Waals surface area contributed by atoms with Gasteiger partial charge in [0.2, 0.25) is 18.0 Å². The number of amides is 2. The van der Waals surface area contributed by atoms with Gasteiger partial charge < -0.3 is 54.1 Å². The molecule has 4 aliphatic rings. The Morgan fingerprint density at radius 3 is 2.37 bits per heavy atom. The number of carbonyl (C=O) groups is 2. The average molecular weight is 974 g/mol. The number of aliphatic hydroxyl groups is 3. The van der Waals surface area contributed by atoms with Crippen molar-refractivity contribution in [3.8, 4) is 11.5 Å². The van der Waals surface area contributed by atoms with E-state index in [1.54, 1.807) is 12.1 Å². The normalized spacial score (nSPS) is 24.2. The van der Waals surface area contributed by atoms with E-state index in [-0.39, 0.29) is 76.3 Å². The van der Waals surface area contributed by atoms with E-state index in [1.807, 2.05) is 47.4 Å². The molecule has 14 nitrogen and oxygen atoms in total. The molecule has 14 heteroatoms. The van der Waals surface area contributed by atoms with Crippen molar-refractivity contribution < 1.29 is 53.4 Å². The van der Waals surface area contributed by atoms with Crippen LogP contribution in [0.15, 0.2) is 78.0 Å². The van der Waals surface area contributed by atoms with E-state index in [0.717, 1.165) is 80.9 Å². The standard InChI is InChI=1S/C56H83N3O11/c1-3-5-6-7-8-9-10-11-15-26-51(63)59(30-36-65-37-33-62)50-40-48(58-70-52-27-18-21-35-66-52)46-38-43(24-16-19-31-60)45(25-17-20-32-61)53-47-39-44(68-55(64)57-41-42-22-13-12-14-23-42)28-29-49(47)69-56(50,54(46)53)67-34-4-2/h4,12-14,22-23,28-29,38-39,43,45,50,52-54,60-62H,2-3,5-11,15-21,24-27,30-37,40-41H2,1H3,(H,57,64)/t43-,45+,50-,52?,53+,54+,56+/m0/s1. The average Bonchev–Trinajstić information content (AvgIpc) is 3.38. The van der Waals surface area contributed by atoms with Crippen LogP contribution in [0.3, 0.4) is 0 Å². The highest BCUT2D eigenvalue weighted by Gasteiger charge is 2.65. The van der Waals surface area contributed by atoms with Gasteiger partial charge in [-0.05, 0) is 86.1 Å². The number of carbonyl (C=O) groups excluding carboxylic acids is 2. The number of unbranched alkanes of at least 4 members (excludes halogenated alkanes) is 10. The van der Waals surface area contributed by atoms with Crippen molar-refractivity contribution in [3.05, 3.63) is 84.0 Å². The first kappa shape index (κ1) is 55.0. The summed E-state index contributed by atoms with van der Waals surface area (Å²) >= 11 is 0. The van der Waals surface area contributed by atoms with Crippen molar-refractivity contribution in [2.24, 2.45) is 22.9 Å². The molecule has 2 heterocycles. The molecule has 2 fully saturated rings. The van der Waals surface area contributed by atoms with E-state index in [0.29, 0.717) is 56.0 Å². The number of rotatable bonds is 32. The smallest absolute Gasteiger partial charge is 0.412 e. The topological polar surface area (TPSA) is 178 Å². The van der Waals surface area contributed by atoms with Crippen LogP contribution in [-0.4, -0.2) is 109 Å². The van der Waals surface area contributed by atoms with E-state index in [1.165, 1.54) is 32.1 Å². The fourth-order valence-corrected chi connectivity index (χ4v) is 11.1. The molecule has 0 bridgehead atoms. The van der Waals surface area contributed by atoms with Crippen LogP contribution in [0.25, 0.3) is 0 Å². The van der Waals surface area contributed by atoms with E-state index in [9.17, 15) is 20.1 Å². The van der Waals surface area contributed by atoms with Crippen molar-refractivity contribution in [1.29, 1.82) is 0 Å². The maximum atomic E-state index is 15.0. The number of fused-ring (bicyclic) bond motifs is 2. The molecule has 1 unspecified atom stereocenters. The van der Waals surface area contributed by atoms with Gasteiger partial charge in [-0.1, -0.05) is 119 Å². The van der Waals surface area contributed by atoms with Crippen LogP contribution < -0.4 is 14.8 Å². The first-order chi connectivity index (χ1) is 34.4. The summed E-state index contributed by atoms with van der Waals surface area (Å²) in [6.07, 6.45) is 20.6. The van der Waals surface area contributed by atoms with E-state index in [2.05, 4.69) is 24.9 Å². The first-order valence-electron chi connectivity index (χ1n) is 26.7. The van der Waals surface area contributed by atoms with Crippen molar-refractivity contribution in [2.75, 3.05) is 52.8 Å². The number of benzene rings is 2. The van der Waals surface area contributed by atoms with Crippen LogP contribution in [0, 0.1) is 17.8 Å². The van der Waals surface area contributed by atoms with Crippen LogP contribution in [0.2, 0.25) is 0 Å². The molecule has 0 spiro atoms. The summed E-state index contributed by atoms with van der Waals surface area (Å²) in [5.41, 5.74) is 3.38. The lowest BCUT2D eigenvalue weighted by Crippen LogP contribution is -2.70. The fraction of sp³-hybridized carbons (Fsp3) is 0.661. The van der Waals surface area contributed by atoms with Gasteiger partial charge >= 0.3 is 6.09 Å². The molecule has 6 rings (SSSR count). The summed E-state index contributed by atoms with van der Waals surface area (Å²) in [6, 6.07) is 14.4. The zero-order chi connectivity index (χ0) is 49.4. The monoisotopic (exact) mass is 974 g/mol. The van der Waals surface area contributed by atoms with Gasteiger partial charge in [0.05, 0.1) is 44.7 Å². The number of oxime groups is 1. The summed E-state index contributed by atoms with van der Waals surface area (Å²) in [5, 5.41) is 37.6. The molecular weight excluding hydrogens is 891 g/mol. The number of ether oxygens (including phenoxy) is 5. The third-order valence-electron chi connectivity index (χ3n) is 14.5. The maximum Gasteiger partial charge on any atom is 0.412 e. The van der Waals surface area contributed by atoms with Gasteiger partial charge in [-0.2, -0.15) is 0 Å². The maximum absolute atomic E-state index is 15.0. The second kappa shape index (κ2) is 29.9. The van der Waals surface area contributed by atoms with Crippen LogP contribution in [0.4, 0.5) is 4.79 Å². The summed E-state index contributed by atoms with van der Waals surface area (Å²) in [6.45, 7) is 7.86. The molecule has 70 heavy (non-hydrogen) atoms. The molecule has 4 N–H and O–H groups in total. The van der Waals surface area contributed by atoms with Crippen LogP contribution >= 0.6 is 0 Å². The van der Waals surface area contributed by atoms with Gasteiger partial charge in [0.15, 0.2) is 0 Å². The van der Waals surface area contributed by atoms with Crippen LogP contribution in [0.1, 0.15) is 152 Å². The second-order valence-corrected chi connectivity index (χ2v) is 19.4. The van der Waals surface area contributed by atoms with Gasteiger partial charge in [0.1, 0.15) is 17.5 Å². The second-order valence-electron chi connectivity index (χ2n) is 19.4. The zero-order valence-corrected chi connectivity index (χ0v) is 42.0. The van der Waals surface area contributed by atoms with E-state index >= 15 is 4.79 Å². The van der Waals surface area contributed by atoms with Crippen molar-refractivity contribution in [3.63, 3.8) is 0 Å². The van der Waals surface area contributed by atoms with Gasteiger partial charge in [-0.25, -0.2) is 4.79 Å². The number of nitrogens with one attached hydrogen (secondary N) is 1. The number of aliphatic hydroxyl groups excluding tert-OH is 3. The predicted octanol–water partition coefficient (Wildman–Crippen LogP) is 9.89. The summed E-state index contributed by atoms with van der Waals surface area (Å²) < 4.78 is 32.5. The van der Waals surface area contributed by atoms with Gasteiger partial charge in [-0.3, -0.25) is 4.79 Å². The lowest BCUT2D eigenvalue weighted by molar-refractivity contribution is -0.258. The third-order valence-corrected chi connectivity index (χ3v) is 14.5. The summed E-state index contributed by atoms with van der Waals surface area (Å²) in [5.74, 6) is -1.42. The molecule has 0 aromatic heterocycles. The molecule has 1 saturated heterocycles. The quantitative estimate of drug-likeness (QED) is 0.0312. The number of allylic oxidation sites excluding steroid dienone is 1. The molecular formula is C56H83N3O11. The Bertz CT molecular complexity index is 1940.